The summed E-state index contributed by atoms with van der Waals surface area (Å²) in [5.41, 5.74) is 0. The third-order valence-electron chi connectivity index (χ3n) is 0. The summed E-state index contributed by atoms with van der Waals surface area (Å²) in [7, 11) is -15.4. The normalized spacial score (nSPS) is 10.4. The Hall–Kier alpha value is 2.07. The van der Waals surface area contributed by atoms with Gasteiger partial charge in [0, 0.05) is 0 Å². The zero-order chi connectivity index (χ0) is 13.5. The van der Waals surface area contributed by atoms with Gasteiger partial charge in [-0.3, -0.25) is 0 Å². The molecule has 0 saturated carbocycles. The van der Waals surface area contributed by atoms with E-state index in [9.17, 15) is 0 Å². The first-order chi connectivity index (χ1) is 6.00. The van der Waals surface area contributed by atoms with Gasteiger partial charge in [-0.25, -0.2) is 0 Å². The van der Waals surface area contributed by atoms with Crippen LogP contribution in [0.4, 0.5) is 0 Å². The predicted molar refractivity (Wildman–Crippen MR) is 29.5 cm³/mol. The molecule has 0 bridgehead atoms. The molecule has 0 unspecified atom stereocenters. The molecule has 0 spiro atoms. The molecule has 0 heterocycles. The van der Waals surface area contributed by atoms with E-state index in [1.807, 2.05) is 0 Å². The Balaban J connectivity index is -0.0000000400. The zero-order valence-corrected chi connectivity index (χ0v) is 13.8. The number of phosphoric acid groups is 3. The molecule has 0 fully saturated rings. The van der Waals surface area contributed by atoms with Crippen molar-refractivity contribution >= 4 is 23.5 Å². The number of hydrogen-bond acceptors (Lipinski definition) is 9. The molecule has 0 saturated heterocycles. The van der Waals surface area contributed by atoms with Crippen LogP contribution in [-0.2, 0) is 65.4 Å². The second kappa shape index (κ2) is 13.1. The van der Waals surface area contributed by atoms with E-state index < -0.39 is 23.5 Å². The largest absolute Gasteiger partial charge is 3.00 e. The number of hydrogen-bond donors (Lipinski definition) is 3. The second-order valence-corrected chi connectivity index (χ2v) is 4.22. The first-order valence-electron chi connectivity index (χ1n) is 2.24. The van der Waals surface area contributed by atoms with E-state index in [-0.39, 0.29) is 51.7 Å². The standard InChI is InChI=1S/3H3O4P.2Sc/c3*1-5(2,3)4;;/h3*(H3,1,2,3,4);;/q;;;2*+3/p-6. The predicted octanol–water partition coefficient (Wildman–Crippen LogP) is -6.58. The van der Waals surface area contributed by atoms with Gasteiger partial charge in [0.1, 0.15) is 0 Å². The Morgan fingerprint density at radius 2 is 0.529 bits per heavy atom. The summed E-state index contributed by atoms with van der Waals surface area (Å²) in [4.78, 5) is 72.9. The minimum absolute atomic E-state index is 0. The Morgan fingerprint density at radius 1 is 0.529 bits per heavy atom. The molecule has 3 N–H and O–H groups in total. The van der Waals surface area contributed by atoms with Gasteiger partial charge in [0.25, 0.3) is 0 Å². The molecule has 0 aromatic heterocycles. The van der Waals surface area contributed by atoms with Crippen molar-refractivity contribution in [1.29, 1.82) is 0 Å². The van der Waals surface area contributed by atoms with E-state index in [0.29, 0.717) is 0 Å². The summed E-state index contributed by atoms with van der Waals surface area (Å²) in [6.07, 6.45) is 0. The molecule has 17 heteroatoms. The van der Waals surface area contributed by atoms with E-state index in [1.165, 1.54) is 0 Å². The van der Waals surface area contributed by atoms with Crippen LogP contribution in [-0.4, -0.2) is 14.7 Å². The fourth-order valence-electron chi connectivity index (χ4n) is 0. The SMILES string of the molecule is O=P([O-])([O-])O.O=P([O-])([O-])O.O=P([O-])([O-])O.[Sc+3].[Sc+3]. The van der Waals surface area contributed by atoms with E-state index in [4.69, 9.17) is 57.7 Å². The minimum atomic E-state index is -5.14. The molecule has 0 aromatic carbocycles. The van der Waals surface area contributed by atoms with Crippen LogP contribution in [0.25, 0.3) is 0 Å². The van der Waals surface area contributed by atoms with Gasteiger partial charge in [-0.1, -0.05) is 0 Å². The van der Waals surface area contributed by atoms with E-state index in [1.54, 1.807) is 0 Å². The van der Waals surface area contributed by atoms with Gasteiger partial charge in [0.05, 0.1) is 23.5 Å². The van der Waals surface area contributed by atoms with Crippen LogP contribution in [0.1, 0.15) is 0 Å². The molecule has 0 aliphatic carbocycles. The van der Waals surface area contributed by atoms with E-state index >= 15 is 0 Å². The van der Waals surface area contributed by atoms with Gasteiger partial charge < -0.3 is 57.7 Å². The van der Waals surface area contributed by atoms with Crippen LogP contribution in [0, 0.1) is 0 Å². The van der Waals surface area contributed by atoms with Crippen LogP contribution in [0.5, 0.6) is 0 Å². The molecular formula is H3O12P3Sc2. The Kier molecular flexibility index (Phi) is 24.2. The molecular weight excluding hydrogens is 375 g/mol. The maximum absolute atomic E-state index is 8.66. The van der Waals surface area contributed by atoms with Crippen LogP contribution in [0.3, 0.4) is 0 Å². The van der Waals surface area contributed by atoms with Gasteiger partial charge in [0.15, 0.2) is 0 Å². The summed E-state index contributed by atoms with van der Waals surface area (Å²) in [5, 5.41) is 0. The average molecular weight is 378 g/mol. The summed E-state index contributed by atoms with van der Waals surface area (Å²) in [6.45, 7) is 0. The summed E-state index contributed by atoms with van der Waals surface area (Å²) < 4.78 is 26.0. The Labute approximate surface area is 132 Å². The van der Waals surface area contributed by atoms with Crippen molar-refractivity contribution in [3.05, 3.63) is 0 Å². The third kappa shape index (κ3) is 1090. The smallest absolute Gasteiger partial charge is 0.790 e. The zero-order valence-electron chi connectivity index (χ0n) is 7.51. The monoisotopic (exact) mass is 378 g/mol. The van der Waals surface area contributed by atoms with Crippen molar-refractivity contribution in [3.8, 4) is 0 Å². The Morgan fingerprint density at radius 3 is 0.529 bits per heavy atom. The maximum Gasteiger partial charge on any atom is 3.00 e. The molecule has 17 heavy (non-hydrogen) atoms. The quantitative estimate of drug-likeness (QED) is 0.333. The van der Waals surface area contributed by atoms with Gasteiger partial charge in [-0.05, 0) is 0 Å². The van der Waals surface area contributed by atoms with E-state index in [0.717, 1.165) is 0 Å². The van der Waals surface area contributed by atoms with Crippen LogP contribution in [0.15, 0.2) is 0 Å². The summed E-state index contributed by atoms with van der Waals surface area (Å²) in [5.74, 6) is 0. The first-order valence-corrected chi connectivity index (χ1v) is 6.73. The van der Waals surface area contributed by atoms with Crippen molar-refractivity contribution in [2.24, 2.45) is 0 Å². The molecule has 0 atom stereocenters. The fraction of sp³-hybridized carbons (Fsp3) is 0. The van der Waals surface area contributed by atoms with E-state index in [2.05, 4.69) is 0 Å². The molecule has 12 nitrogen and oxygen atoms in total. The summed E-state index contributed by atoms with van der Waals surface area (Å²) in [6, 6.07) is 0. The van der Waals surface area contributed by atoms with Crippen molar-refractivity contribution in [2.75, 3.05) is 0 Å². The van der Waals surface area contributed by atoms with Crippen molar-refractivity contribution in [3.63, 3.8) is 0 Å². The van der Waals surface area contributed by atoms with Crippen LogP contribution in [0.2, 0.25) is 0 Å². The van der Waals surface area contributed by atoms with Gasteiger partial charge in [-0.2, -0.15) is 0 Å². The molecule has 0 radical (unpaired) electrons. The molecule has 0 aliphatic rings. The molecule has 0 aromatic rings. The molecule has 0 rings (SSSR count). The number of rotatable bonds is 0. The maximum atomic E-state index is 8.66. The van der Waals surface area contributed by atoms with Gasteiger partial charge in [0.2, 0.25) is 0 Å². The summed E-state index contributed by atoms with van der Waals surface area (Å²) >= 11 is 0. The van der Waals surface area contributed by atoms with Crippen molar-refractivity contribution < 1.29 is 109 Å². The third-order valence-corrected chi connectivity index (χ3v) is 0. The first kappa shape index (κ1) is 31.5. The van der Waals surface area contributed by atoms with Crippen molar-refractivity contribution in [2.45, 2.75) is 0 Å². The van der Waals surface area contributed by atoms with Gasteiger partial charge >= 0.3 is 51.7 Å². The second-order valence-electron chi connectivity index (χ2n) is 1.41. The van der Waals surface area contributed by atoms with Crippen LogP contribution >= 0.6 is 23.5 Å². The minimum Gasteiger partial charge on any atom is -0.790 e. The van der Waals surface area contributed by atoms with Gasteiger partial charge in [-0.15, -0.1) is 0 Å². The van der Waals surface area contributed by atoms with Crippen molar-refractivity contribution in [1.82, 2.24) is 0 Å². The topological polar surface area (TPSA) is 250 Å². The van der Waals surface area contributed by atoms with Crippen LogP contribution < -0.4 is 29.4 Å². The molecule has 0 amide bonds. The fourth-order valence-corrected chi connectivity index (χ4v) is 0. The molecule has 96 valence electrons. The average Bonchev–Trinajstić information content (AvgIpc) is 1.41. The molecule has 0 aliphatic heterocycles. The Bertz CT molecular complexity index is 206.